The lowest BCUT2D eigenvalue weighted by Gasteiger charge is -2.16. The number of benzene rings is 1. The first-order valence-electron chi connectivity index (χ1n) is 7.84. The van der Waals surface area contributed by atoms with Crippen LogP contribution < -0.4 is 4.90 Å². The topological polar surface area (TPSA) is 111 Å². The third kappa shape index (κ3) is 4.29. The van der Waals surface area contributed by atoms with Gasteiger partial charge in [0.25, 0.3) is 0 Å². The van der Waals surface area contributed by atoms with Gasteiger partial charge in [-0.15, -0.1) is 0 Å². The maximum Gasteiger partial charge on any atom is 0.311 e. The van der Waals surface area contributed by atoms with E-state index in [1.165, 1.54) is 11.8 Å². The lowest BCUT2D eigenvalue weighted by Crippen LogP contribution is -2.29. The van der Waals surface area contributed by atoms with Crippen molar-refractivity contribution in [2.45, 2.75) is 20.3 Å². The van der Waals surface area contributed by atoms with Gasteiger partial charge >= 0.3 is 5.97 Å². The summed E-state index contributed by atoms with van der Waals surface area (Å²) in [5.41, 5.74) is 1.69. The summed E-state index contributed by atoms with van der Waals surface area (Å²) < 4.78 is 4.96. The summed E-state index contributed by atoms with van der Waals surface area (Å²) in [6.45, 7) is 2.92. The molecule has 2 rings (SSSR count). The lowest BCUT2D eigenvalue weighted by molar-refractivity contribution is -0.152. The molecule has 7 heteroatoms. The van der Waals surface area contributed by atoms with Gasteiger partial charge in [-0.2, -0.15) is 5.26 Å². The van der Waals surface area contributed by atoms with Crippen LogP contribution in [0.3, 0.4) is 0 Å². The van der Waals surface area contributed by atoms with Crippen LogP contribution in [0.2, 0.25) is 0 Å². The Kier molecular flexibility index (Phi) is 5.65. The Morgan fingerprint density at radius 2 is 2.04 bits per heavy atom. The minimum atomic E-state index is -1.21. The molecule has 0 aromatic heterocycles. The van der Waals surface area contributed by atoms with E-state index in [-0.39, 0.29) is 24.6 Å². The normalized spacial score (nSPS) is 17.7. The van der Waals surface area contributed by atoms with E-state index in [1.54, 1.807) is 6.07 Å². The molecule has 0 bridgehead atoms. The minimum Gasteiger partial charge on any atom is -0.457 e. The van der Waals surface area contributed by atoms with Crippen molar-refractivity contribution in [2.24, 2.45) is 11.8 Å². The van der Waals surface area contributed by atoms with E-state index in [2.05, 4.69) is 0 Å². The van der Waals surface area contributed by atoms with Crippen molar-refractivity contribution in [1.82, 2.24) is 0 Å². The van der Waals surface area contributed by atoms with E-state index < -0.39 is 30.2 Å². The van der Waals surface area contributed by atoms with Gasteiger partial charge in [0.15, 0.2) is 12.4 Å². The smallest absolute Gasteiger partial charge is 0.311 e. The Bertz CT molecular complexity index is 749. The molecule has 1 N–H and O–H groups in total. The second-order valence-electron chi connectivity index (χ2n) is 6.06. The molecule has 0 unspecified atom stereocenters. The van der Waals surface area contributed by atoms with Crippen LogP contribution in [0.25, 0.3) is 0 Å². The van der Waals surface area contributed by atoms with Crippen molar-refractivity contribution >= 4 is 29.1 Å². The number of carbonyl (C=O) groups excluding carboxylic acids is 3. The molecule has 25 heavy (non-hydrogen) atoms. The van der Waals surface area contributed by atoms with Gasteiger partial charge < -0.3 is 15.0 Å². The third-order valence-corrected chi connectivity index (χ3v) is 4.04. The molecule has 0 spiro atoms. The molecule has 0 aliphatic carbocycles. The number of hydrogen-bond acceptors (Lipinski definition) is 6. The van der Waals surface area contributed by atoms with Crippen molar-refractivity contribution < 1.29 is 19.1 Å². The van der Waals surface area contributed by atoms with Crippen LogP contribution in [0.1, 0.15) is 18.9 Å². The van der Waals surface area contributed by atoms with Crippen LogP contribution in [0.15, 0.2) is 24.3 Å². The second kappa shape index (κ2) is 7.71. The molecular weight excluding hydrogens is 322 g/mol. The highest BCUT2D eigenvalue weighted by Gasteiger charge is 2.36. The van der Waals surface area contributed by atoms with Crippen LogP contribution in [-0.4, -0.2) is 36.5 Å². The van der Waals surface area contributed by atoms with Gasteiger partial charge in [0.05, 0.1) is 12.0 Å². The Labute approximate surface area is 145 Å². The fourth-order valence-corrected chi connectivity index (χ4v) is 2.59. The highest BCUT2D eigenvalue weighted by Crippen LogP contribution is 2.26. The molecule has 0 radical (unpaired) electrons. The van der Waals surface area contributed by atoms with Crippen LogP contribution in [0.5, 0.6) is 0 Å². The predicted molar refractivity (Wildman–Crippen MR) is 90.1 cm³/mol. The molecule has 1 fully saturated rings. The van der Waals surface area contributed by atoms with Gasteiger partial charge in [-0.1, -0.05) is 17.7 Å². The lowest BCUT2D eigenvalue weighted by atomic mass is 10.0. The van der Waals surface area contributed by atoms with E-state index in [1.807, 2.05) is 31.2 Å². The largest absolute Gasteiger partial charge is 0.457 e. The van der Waals surface area contributed by atoms with E-state index in [0.29, 0.717) is 5.69 Å². The van der Waals surface area contributed by atoms with Gasteiger partial charge in [-0.25, -0.2) is 0 Å². The number of hydrogen-bond donors (Lipinski definition) is 1. The van der Waals surface area contributed by atoms with Crippen LogP contribution in [0.4, 0.5) is 5.69 Å². The van der Waals surface area contributed by atoms with Gasteiger partial charge in [0, 0.05) is 24.4 Å². The van der Waals surface area contributed by atoms with Crippen molar-refractivity contribution in [3.63, 3.8) is 0 Å². The SMILES string of the molecule is CC(=N)[C@H](C#N)C(=O)COC(=O)[C@@H]1CC(=O)N(c2ccc(C)cc2)C1. The number of ether oxygens (including phenoxy) is 1. The fraction of sp³-hybridized carbons (Fsp3) is 0.389. The number of nitrogens with zero attached hydrogens (tertiary/aromatic N) is 2. The molecule has 1 aliphatic rings. The van der Waals surface area contributed by atoms with Gasteiger partial charge in [-0.3, -0.25) is 14.4 Å². The molecule has 2 atom stereocenters. The zero-order valence-electron chi connectivity index (χ0n) is 14.1. The van der Waals surface area contributed by atoms with E-state index >= 15 is 0 Å². The molecule has 1 amide bonds. The number of carbonyl (C=O) groups is 3. The number of rotatable bonds is 6. The molecule has 7 nitrogen and oxygen atoms in total. The fourth-order valence-electron chi connectivity index (χ4n) is 2.59. The molecule has 1 aromatic rings. The molecule has 1 saturated heterocycles. The summed E-state index contributed by atoms with van der Waals surface area (Å²) in [5, 5.41) is 16.2. The quantitative estimate of drug-likeness (QED) is 0.624. The highest BCUT2D eigenvalue weighted by atomic mass is 16.5. The first-order chi connectivity index (χ1) is 11.8. The number of ketones is 1. The summed E-state index contributed by atoms with van der Waals surface area (Å²) >= 11 is 0. The molecule has 1 aromatic carbocycles. The Morgan fingerprint density at radius 3 is 2.60 bits per heavy atom. The van der Waals surface area contributed by atoms with Crippen molar-refractivity contribution in [2.75, 3.05) is 18.1 Å². The average molecular weight is 341 g/mol. The number of anilines is 1. The first-order valence-corrected chi connectivity index (χ1v) is 7.84. The molecule has 1 heterocycles. The van der Waals surface area contributed by atoms with Crippen molar-refractivity contribution in [3.8, 4) is 6.07 Å². The number of Topliss-reactive ketones (excluding diaryl/α,β-unsaturated/α-hetero) is 1. The Balaban J connectivity index is 1.94. The van der Waals surface area contributed by atoms with Crippen LogP contribution in [0, 0.1) is 35.5 Å². The average Bonchev–Trinajstić information content (AvgIpc) is 2.95. The number of amides is 1. The second-order valence-corrected chi connectivity index (χ2v) is 6.06. The maximum absolute atomic E-state index is 12.1. The number of aryl methyl sites for hydroxylation is 1. The monoisotopic (exact) mass is 341 g/mol. The maximum atomic E-state index is 12.1. The summed E-state index contributed by atoms with van der Waals surface area (Å²) in [5.74, 6) is -3.31. The highest BCUT2D eigenvalue weighted by molar-refractivity contribution is 6.06. The van der Waals surface area contributed by atoms with E-state index in [9.17, 15) is 14.4 Å². The summed E-state index contributed by atoms with van der Waals surface area (Å²) in [6, 6.07) is 9.10. The minimum absolute atomic E-state index is 0.0200. The third-order valence-electron chi connectivity index (χ3n) is 4.04. The van der Waals surface area contributed by atoms with E-state index in [0.717, 1.165) is 5.56 Å². The van der Waals surface area contributed by atoms with E-state index in [4.69, 9.17) is 15.4 Å². The molecular formula is C18H19N3O4. The Morgan fingerprint density at radius 1 is 1.40 bits per heavy atom. The van der Waals surface area contributed by atoms with Gasteiger partial charge in [0.1, 0.15) is 5.92 Å². The van der Waals surface area contributed by atoms with Crippen LogP contribution >= 0.6 is 0 Å². The first kappa shape index (κ1) is 18.3. The van der Waals surface area contributed by atoms with Crippen molar-refractivity contribution in [3.05, 3.63) is 29.8 Å². The number of nitriles is 1. The Hall–Kier alpha value is -3.01. The summed E-state index contributed by atoms with van der Waals surface area (Å²) in [4.78, 5) is 37.6. The van der Waals surface area contributed by atoms with Crippen molar-refractivity contribution in [1.29, 1.82) is 10.7 Å². The zero-order chi connectivity index (χ0) is 18.6. The molecule has 1 aliphatic heterocycles. The van der Waals surface area contributed by atoms with Crippen LogP contribution in [-0.2, 0) is 19.1 Å². The predicted octanol–water partition coefficient (Wildman–Crippen LogP) is 1.64. The summed E-state index contributed by atoms with van der Waals surface area (Å²) in [6.07, 6.45) is 0.0200. The van der Waals surface area contributed by atoms with Gasteiger partial charge in [0.2, 0.25) is 5.91 Å². The van der Waals surface area contributed by atoms with Gasteiger partial charge in [-0.05, 0) is 26.0 Å². The molecule has 0 saturated carbocycles. The standard InChI is InChI=1S/C18H19N3O4/c1-11-3-5-14(6-4-11)21-9-13(7-17(21)23)18(24)25-10-16(22)15(8-19)12(2)20/h3-6,13,15,20H,7,9-10H2,1-2H3/t13-,15+/m1/s1. The number of esters is 1. The zero-order valence-corrected chi connectivity index (χ0v) is 14.1. The summed E-state index contributed by atoms with van der Waals surface area (Å²) in [7, 11) is 0. The molecule has 130 valence electrons. The number of nitrogens with one attached hydrogen (secondary N) is 1.